The van der Waals surface area contributed by atoms with Gasteiger partial charge in [-0.25, -0.2) is 0 Å². The van der Waals surface area contributed by atoms with Crippen LogP contribution in [-0.4, -0.2) is 47.9 Å². The van der Waals surface area contributed by atoms with Crippen LogP contribution < -0.4 is 0 Å². The Labute approximate surface area is 110 Å². The number of aromatic hydroxyl groups is 1. The number of rotatable bonds is 1. The van der Waals surface area contributed by atoms with Crippen LogP contribution in [0.15, 0.2) is 30.0 Å². The predicted molar refractivity (Wildman–Crippen MR) is 67.2 cm³/mol. The molecule has 2 aliphatic rings. The minimum absolute atomic E-state index is 0.101. The number of morpholine rings is 1. The summed E-state index contributed by atoms with van der Waals surface area (Å²) in [6, 6.07) is 4.56. The summed E-state index contributed by atoms with van der Waals surface area (Å²) in [5, 5.41) is 9.71. The van der Waals surface area contributed by atoms with Gasteiger partial charge in [-0.05, 0) is 12.1 Å². The smallest absolute Gasteiger partial charge is 0.210 e. The molecule has 5 heteroatoms. The summed E-state index contributed by atoms with van der Waals surface area (Å²) < 4.78 is 5.24. The number of Topliss-reactive ketones (excluding diaryl/α,β-unsaturated/α-hetero) is 1. The van der Waals surface area contributed by atoms with Crippen LogP contribution in [0, 0.1) is 0 Å². The molecular formula is C14H13NO4. The summed E-state index contributed by atoms with van der Waals surface area (Å²) >= 11 is 0. The molecule has 1 fully saturated rings. The maximum atomic E-state index is 12.4. The Morgan fingerprint density at radius 2 is 1.89 bits per heavy atom. The monoisotopic (exact) mass is 259 g/mol. The summed E-state index contributed by atoms with van der Waals surface area (Å²) in [7, 11) is 0. The Hall–Kier alpha value is -2.14. The zero-order valence-corrected chi connectivity index (χ0v) is 10.3. The third-order valence-corrected chi connectivity index (χ3v) is 3.39. The van der Waals surface area contributed by atoms with Gasteiger partial charge in [0.05, 0.1) is 24.5 Å². The second kappa shape index (κ2) is 4.51. The van der Waals surface area contributed by atoms with Crippen LogP contribution in [0.1, 0.15) is 20.7 Å². The van der Waals surface area contributed by atoms with Crippen molar-refractivity contribution < 1.29 is 19.4 Å². The largest absolute Gasteiger partial charge is 0.507 e. The fourth-order valence-corrected chi connectivity index (χ4v) is 2.43. The van der Waals surface area contributed by atoms with Gasteiger partial charge in [-0.15, -0.1) is 0 Å². The van der Waals surface area contributed by atoms with Gasteiger partial charge in [0, 0.05) is 24.7 Å². The van der Waals surface area contributed by atoms with Gasteiger partial charge in [-0.2, -0.15) is 0 Å². The maximum Gasteiger partial charge on any atom is 0.210 e. The van der Waals surface area contributed by atoms with Crippen molar-refractivity contribution in [3.63, 3.8) is 0 Å². The number of hydrogen-bond donors (Lipinski definition) is 1. The molecule has 98 valence electrons. The average molecular weight is 259 g/mol. The van der Waals surface area contributed by atoms with E-state index in [1.165, 1.54) is 12.1 Å². The molecule has 0 saturated carbocycles. The van der Waals surface area contributed by atoms with E-state index in [1.807, 2.05) is 4.90 Å². The van der Waals surface area contributed by atoms with Crippen molar-refractivity contribution in [1.29, 1.82) is 0 Å². The molecule has 3 rings (SSSR count). The number of benzene rings is 1. The molecule has 0 amide bonds. The molecular weight excluding hydrogens is 246 g/mol. The highest BCUT2D eigenvalue weighted by molar-refractivity contribution is 6.25. The SMILES string of the molecule is O=C1C(N2CCOCC2)=CC(=O)c2c(O)cccc21. The summed E-state index contributed by atoms with van der Waals surface area (Å²) in [4.78, 5) is 26.3. The molecule has 0 bridgehead atoms. The van der Waals surface area contributed by atoms with Crippen LogP contribution in [0.25, 0.3) is 0 Å². The number of ether oxygens (including phenoxy) is 1. The van der Waals surface area contributed by atoms with E-state index in [9.17, 15) is 14.7 Å². The average Bonchev–Trinajstić information content (AvgIpc) is 2.43. The number of carbonyl (C=O) groups is 2. The second-order valence-corrected chi connectivity index (χ2v) is 4.52. The van der Waals surface area contributed by atoms with Gasteiger partial charge in [0.2, 0.25) is 5.78 Å². The van der Waals surface area contributed by atoms with Crippen molar-refractivity contribution in [3.8, 4) is 5.75 Å². The third-order valence-electron chi connectivity index (χ3n) is 3.39. The van der Waals surface area contributed by atoms with E-state index in [1.54, 1.807) is 12.1 Å². The van der Waals surface area contributed by atoms with Crippen LogP contribution >= 0.6 is 0 Å². The van der Waals surface area contributed by atoms with E-state index in [0.717, 1.165) is 0 Å². The second-order valence-electron chi connectivity index (χ2n) is 4.52. The van der Waals surface area contributed by atoms with Gasteiger partial charge in [0.15, 0.2) is 5.78 Å². The van der Waals surface area contributed by atoms with Crippen molar-refractivity contribution in [2.24, 2.45) is 0 Å². The molecule has 1 aliphatic heterocycles. The van der Waals surface area contributed by atoms with Gasteiger partial charge in [-0.1, -0.05) is 6.07 Å². The lowest BCUT2D eigenvalue weighted by Gasteiger charge is -2.31. The fraction of sp³-hybridized carbons (Fsp3) is 0.286. The molecule has 1 saturated heterocycles. The highest BCUT2D eigenvalue weighted by Gasteiger charge is 2.31. The summed E-state index contributed by atoms with van der Waals surface area (Å²) in [6.07, 6.45) is 1.32. The molecule has 1 aliphatic carbocycles. The molecule has 0 atom stereocenters. The highest BCUT2D eigenvalue weighted by atomic mass is 16.5. The Morgan fingerprint density at radius 1 is 1.16 bits per heavy atom. The number of nitrogens with zero attached hydrogens (tertiary/aromatic N) is 1. The van der Waals surface area contributed by atoms with Crippen LogP contribution in [0.3, 0.4) is 0 Å². The lowest BCUT2D eigenvalue weighted by Crippen LogP contribution is -2.39. The van der Waals surface area contributed by atoms with Gasteiger partial charge in [-0.3, -0.25) is 9.59 Å². The molecule has 0 radical (unpaired) electrons. The van der Waals surface area contributed by atoms with Crippen molar-refractivity contribution in [3.05, 3.63) is 41.1 Å². The minimum Gasteiger partial charge on any atom is -0.507 e. The fourth-order valence-electron chi connectivity index (χ4n) is 2.43. The maximum absolute atomic E-state index is 12.4. The molecule has 19 heavy (non-hydrogen) atoms. The minimum atomic E-state index is -0.325. The molecule has 0 unspecified atom stereocenters. The summed E-state index contributed by atoms with van der Waals surface area (Å²) in [5.41, 5.74) is 0.768. The Kier molecular flexibility index (Phi) is 2.83. The lowest BCUT2D eigenvalue weighted by molar-refractivity contribution is 0.0501. The van der Waals surface area contributed by atoms with E-state index in [4.69, 9.17) is 4.74 Å². The zero-order chi connectivity index (χ0) is 13.4. The molecule has 1 aromatic rings. The Bertz CT molecular complexity index is 585. The third kappa shape index (κ3) is 1.92. The van der Waals surface area contributed by atoms with Gasteiger partial charge in [0.25, 0.3) is 0 Å². The van der Waals surface area contributed by atoms with Crippen LogP contribution in [0.2, 0.25) is 0 Å². The number of carbonyl (C=O) groups excluding carboxylic acids is 2. The van der Waals surface area contributed by atoms with E-state index < -0.39 is 0 Å². The number of fused-ring (bicyclic) bond motifs is 1. The van der Waals surface area contributed by atoms with Gasteiger partial charge < -0.3 is 14.7 Å². The lowest BCUT2D eigenvalue weighted by atomic mass is 9.91. The van der Waals surface area contributed by atoms with Gasteiger partial charge >= 0.3 is 0 Å². The summed E-state index contributed by atoms with van der Waals surface area (Å²) in [5.74, 6) is -0.685. The van der Waals surface area contributed by atoms with Crippen LogP contribution in [0.4, 0.5) is 0 Å². The Balaban J connectivity index is 2.02. The van der Waals surface area contributed by atoms with E-state index in [0.29, 0.717) is 32.0 Å². The first-order chi connectivity index (χ1) is 9.18. The quantitative estimate of drug-likeness (QED) is 0.814. The van der Waals surface area contributed by atoms with E-state index in [-0.39, 0.29) is 28.4 Å². The van der Waals surface area contributed by atoms with E-state index >= 15 is 0 Å². The van der Waals surface area contributed by atoms with Crippen molar-refractivity contribution >= 4 is 11.6 Å². The first kappa shape index (κ1) is 11.9. The normalized spacial score (nSPS) is 19.2. The number of hydrogen-bond acceptors (Lipinski definition) is 5. The van der Waals surface area contributed by atoms with Crippen molar-refractivity contribution in [1.82, 2.24) is 4.90 Å². The zero-order valence-electron chi connectivity index (χ0n) is 10.3. The van der Waals surface area contributed by atoms with Crippen LogP contribution in [-0.2, 0) is 4.74 Å². The molecule has 1 aromatic carbocycles. The van der Waals surface area contributed by atoms with Gasteiger partial charge in [0.1, 0.15) is 5.75 Å². The standard InChI is InChI=1S/C14H13NO4/c16-11-3-1-2-9-13(11)12(17)8-10(14(9)18)15-4-6-19-7-5-15/h1-3,8,16H,4-7H2. The number of ketones is 2. The first-order valence-corrected chi connectivity index (χ1v) is 6.14. The number of phenolic OH excluding ortho intramolecular Hbond substituents is 1. The number of allylic oxidation sites excluding steroid dienone is 2. The molecule has 0 spiro atoms. The predicted octanol–water partition coefficient (Wildman–Crippen LogP) is 0.987. The molecule has 5 nitrogen and oxygen atoms in total. The molecule has 1 N–H and O–H groups in total. The highest BCUT2D eigenvalue weighted by Crippen LogP contribution is 2.29. The topological polar surface area (TPSA) is 66.8 Å². The first-order valence-electron chi connectivity index (χ1n) is 6.14. The van der Waals surface area contributed by atoms with Crippen LogP contribution in [0.5, 0.6) is 5.75 Å². The molecule has 0 aromatic heterocycles. The van der Waals surface area contributed by atoms with E-state index in [2.05, 4.69) is 0 Å². The Morgan fingerprint density at radius 3 is 2.63 bits per heavy atom. The van der Waals surface area contributed by atoms with Crippen molar-refractivity contribution in [2.75, 3.05) is 26.3 Å². The van der Waals surface area contributed by atoms with Crippen molar-refractivity contribution in [2.45, 2.75) is 0 Å². The number of phenols is 1. The summed E-state index contributed by atoms with van der Waals surface area (Å²) in [6.45, 7) is 2.29. The molecule has 1 heterocycles.